The zero-order valence-corrected chi connectivity index (χ0v) is 11.6. The Morgan fingerprint density at radius 3 is 2.29 bits per heavy atom. The smallest absolute Gasteiger partial charge is 0.126 e. The van der Waals surface area contributed by atoms with Crippen molar-refractivity contribution in [2.45, 2.75) is 17.4 Å². The minimum absolute atomic E-state index is 0.748. The van der Waals surface area contributed by atoms with E-state index < -0.39 is 6.00 Å². The molecule has 0 heterocycles. The molecule has 1 aromatic rings. The zero-order chi connectivity index (χ0) is 10.4. The summed E-state index contributed by atoms with van der Waals surface area (Å²) in [5.74, 6) is 1.02. The van der Waals surface area contributed by atoms with Gasteiger partial charge in [0.25, 0.3) is 0 Å². The average Bonchev–Trinajstić information content (AvgIpc) is 2.13. The van der Waals surface area contributed by atoms with E-state index in [4.69, 9.17) is 33.2 Å². The van der Waals surface area contributed by atoms with E-state index in [1.165, 1.54) is 4.90 Å². The molecular weight excluding hydrogens is 275 g/mol. The van der Waals surface area contributed by atoms with Crippen LogP contribution in [0.1, 0.15) is 6.42 Å². The minimum Gasteiger partial charge on any atom is -0.126 e. The Kier molecular flexibility index (Phi) is 5.71. The highest BCUT2D eigenvalue weighted by atomic mass is 35.8. The van der Waals surface area contributed by atoms with Crippen LogP contribution in [0.2, 0.25) is 6.04 Å². The fourth-order valence-corrected chi connectivity index (χ4v) is 3.89. The van der Waals surface area contributed by atoms with E-state index in [-0.39, 0.29) is 0 Å². The minimum atomic E-state index is -2.39. The van der Waals surface area contributed by atoms with Crippen molar-refractivity contribution in [1.82, 2.24) is 0 Å². The fourth-order valence-electron chi connectivity index (χ4n) is 0.979. The second-order valence-corrected chi connectivity index (χ2v) is 13.3. The Morgan fingerprint density at radius 1 is 1.07 bits per heavy atom. The second-order valence-electron chi connectivity index (χ2n) is 2.88. The summed E-state index contributed by atoms with van der Waals surface area (Å²) >= 11 is 19.1. The first-order valence-corrected chi connectivity index (χ1v) is 10.6. The summed E-state index contributed by atoms with van der Waals surface area (Å²) in [6.45, 7) is 0. The van der Waals surface area contributed by atoms with Crippen LogP contribution in [0.15, 0.2) is 35.2 Å². The molecule has 0 saturated carbocycles. The van der Waals surface area contributed by atoms with Crippen LogP contribution in [0.3, 0.4) is 0 Å². The van der Waals surface area contributed by atoms with Crippen LogP contribution in [0.5, 0.6) is 0 Å². The van der Waals surface area contributed by atoms with Crippen LogP contribution in [0, 0.1) is 0 Å². The Bertz CT molecular complexity index is 261. The van der Waals surface area contributed by atoms with Crippen molar-refractivity contribution < 1.29 is 0 Å². The van der Waals surface area contributed by atoms with Crippen molar-refractivity contribution in [3.63, 3.8) is 0 Å². The van der Waals surface area contributed by atoms with Crippen molar-refractivity contribution in [2.75, 3.05) is 5.75 Å². The monoisotopic (exact) mass is 284 g/mol. The van der Waals surface area contributed by atoms with Crippen molar-refractivity contribution in [3.05, 3.63) is 30.3 Å². The summed E-state index contributed by atoms with van der Waals surface area (Å²) in [5, 5.41) is 0. The van der Waals surface area contributed by atoms with E-state index in [0.29, 0.717) is 0 Å². The van der Waals surface area contributed by atoms with Gasteiger partial charge in [-0.05, 0) is 30.4 Å². The van der Waals surface area contributed by atoms with Gasteiger partial charge >= 0.3 is 6.00 Å². The van der Waals surface area contributed by atoms with Crippen LogP contribution in [0.25, 0.3) is 0 Å². The largest absolute Gasteiger partial charge is 0.341 e. The zero-order valence-electron chi connectivity index (χ0n) is 7.55. The Hall–Kier alpha value is 0.657. The Labute approximate surface area is 104 Å². The van der Waals surface area contributed by atoms with Gasteiger partial charge in [-0.25, -0.2) is 0 Å². The van der Waals surface area contributed by atoms with E-state index >= 15 is 0 Å². The van der Waals surface area contributed by atoms with E-state index in [1.54, 1.807) is 0 Å². The molecular formula is C9H11Cl3SSi. The first kappa shape index (κ1) is 12.7. The lowest BCUT2D eigenvalue weighted by molar-refractivity contribution is 1.09. The summed E-state index contributed by atoms with van der Waals surface area (Å²) < 4.78 is 0. The molecule has 78 valence electrons. The van der Waals surface area contributed by atoms with Gasteiger partial charge in [0.1, 0.15) is 0 Å². The molecule has 0 aliphatic rings. The van der Waals surface area contributed by atoms with Crippen LogP contribution < -0.4 is 0 Å². The number of hydrogen-bond acceptors (Lipinski definition) is 1. The molecule has 0 spiro atoms. The van der Waals surface area contributed by atoms with Gasteiger partial charge in [0, 0.05) is 4.90 Å². The standard InChI is InChI=1S/C9H11Cl3SSi/c10-14(11,12)8-4-7-13-9-5-2-1-3-6-9/h1-3,5-6H,4,7-8H2. The molecule has 0 N–H and O–H groups in total. The quantitative estimate of drug-likeness (QED) is 0.323. The SMILES string of the molecule is Cl[Si](Cl)(Cl)CCCSc1ccccc1. The maximum Gasteiger partial charge on any atom is 0.341 e. The van der Waals surface area contributed by atoms with Crippen molar-refractivity contribution >= 4 is 51.0 Å². The van der Waals surface area contributed by atoms with Gasteiger partial charge in [-0.15, -0.1) is 45.0 Å². The van der Waals surface area contributed by atoms with E-state index in [2.05, 4.69) is 12.1 Å². The molecule has 1 rings (SSSR count). The Morgan fingerprint density at radius 2 is 1.71 bits per heavy atom. The first-order chi connectivity index (χ1) is 6.58. The van der Waals surface area contributed by atoms with Gasteiger partial charge in [0.05, 0.1) is 0 Å². The van der Waals surface area contributed by atoms with Gasteiger partial charge < -0.3 is 0 Å². The molecule has 0 atom stereocenters. The van der Waals surface area contributed by atoms with E-state index in [0.717, 1.165) is 18.2 Å². The lowest BCUT2D eigenvalue weighted by atomic mass is 10.4. The molecule has 0 bridgehead atoms. The maximum absolute atomic E-state index is 5.78. The summed E-state index contributed by atoms with van der Waals surface area (Å²) in [5.41, 5.74) is 0. The van der Waals surface area contributed by atoms with Crippen LogP contribution in [-0.4, -0.2) is 11.8 Å². The van der Waals surface area contributed by atoms with Gasteiger partial charge in [-0.1, -0.05) is 18.2 Å². The van der Waals surface area contributed by atoms with Crippen molar-refractivity contribution in [1.29, 1.82) is 0 Å². The lowest BCUT2D eigenvalue weighted by Crippen LogP contribution is -2.08. The van der Waals surface area contributed by atoms with Crippen molar-refractivity contribution in [3.8, 4) is 0 Å². The third-order valence-electron chi connectivity index (χ3n) is 1.62. The highest BCUT2D eigenvalue weighted by Gasteiger charge is 2.23. The van der Waals surface area contributed by atoms with Crippen LogP contribution in [-0.2, 0) is 0 Å². The van der Waals surface area contributed by atoms with Gasteiger partial charge in [0.15, 0.2) is 0 Å². The predicted octanol–water partition coefficient (Wildman–Crippen LogP) is 4.82. The van der Waals surface area contributed by atoms with E-state index in [9.17, 15) is 0 Å². The summed E-state index contributed by atoms with van der Waals surface area (Å²) in [6, 6.07) is 8.62. The normalized spacial score (nSPS) is 11.6. The molecule has 0 radical (unpaired) electrons. The molecule has 5 heteroatoms. The highest BCUT2D eigenvalue weighted by molar-refractivity contribution is 7.99. The fraction of sp³-hybridized carbons (Fsp3) is 0.333. The predicted molar refractivity (Wildman–Crippen MR) is 69.9 cm³/mol. The van der Waals surface area contributed by atoms with Crippen LogP contribution in [0.4, 0.5) is 0 Å². The average molecular weight is 286 g/mol. The highest BCUT2D eigenvalue weighted by Crippen LogP contribution is 2.28. The third-order valence-corrected chi connectivity index (χ3v) is 5.34. The molecule has 0 nitrogen and oxygen atoms in total. The maximum atomic E-state index is 5.78. The number of rotatable bonds is 5. The van der Waals surface area contributed by atoms with Gasteiger partial charge in [-0.2, -0.15) is 0 Å². The summed E-state index contributed by atoms with van der Waals surface area (Å²) in [7, 11) is 0. The second kappa shape index (κ2) is 6.29. The first-order valence-electron chi connectivity index (χ1n) is 4.32. The molecule has 0 amide bonds. The topological polar surface area (TPSA) is 0 Å². The van der Waals surface area contributed by atoms with Gasteiger partial charge in [0.2, 0.25) is 0 Å². The number of thioether (sulfide) groups is 1. The molecule has 0 fully saturated rings. The lowest BCUT2D eigenvalue weighted by Gasteiger charge is -2.06. The molecule has 0 aliphatic heterocycles. The third kappa shape index (κ3) is 6.20. The van der Waals surface area contributed by atoms with Crippen LogP contribution >= 0.6 is 45.0 Å². The van der Waals surface area contributed by atoms with E-state index in [1.807, 2.05) is 30.0 Å². The van der Waals surface area contributed by atoms with Crippen molar-refractivity contribution in [2.24, 2.45) is 0 Å². The van der Waals surface area contributed by atoms with Gasteiger partial charge in [-0.3, -0.25) is 0 Å². The molecule has 0 aliphatic carbocycles. The molecule has 1 aromatic carbocycles. The molecule has 0 aromatic heterocycles. The summed E-state index contributed by atoms with van der Waals surface area (Å²) in [4.78, 5) is 1.28. The Balaban J connectivity index is 2.17. The molecule has 0 saturated heterocycles. The molecule has 14 heavy (non-hydrogen) atoms. The number of halogens is 3. The number of benzene rings is 1. The summed E-state index contributed by atoms with van der Waals surface area (Å²) in [6.07, 6.45) is 0.974. The number of hydrogen-bond donors (Lipinski definition) is 0. The molecule has 0 unspecified atom stereocenters.